The second kappa shape index (κ2) is 5.57. The maximum Gasteiger partial charge on any atom is 0.255 e. The first-order valence-electron chi connectivity index (χ1n) is 4.59. The molecule has 1 rings (SSSR count). The number of thiocarbonyl (C=S) groups is 1. The predicted octanol–water partition coefficient (Wildman–Crippen LogP) is 0.210. The summed E-state index contributed by atoms with van der Waals surface area (Å²) in [4.78, 5) is 15.5. The molecule has 0 atom stereocenters. The fourth-order valence-corrected chi connectivity index (χ4v) is 1.34. The predicted molar refractivity (Wildman–Crippen MR) is 62.2 cm³/mol. The van der Waals surface area contributed by atoms with Crippen molar-refractivity contribution in [2.24, 2.45) is 0 Å². The van der Waals surface area contributed by atoms with Gasteiger partial charge in [0, 0.05) is 18.0 Å². The Labute approximate surface area is 92.9 Å². The van der Waals surface area contributed by atoms with Crippen molar-refractivity contribution < 1.29 is 4.74 Å². The molecule has 1 aromatic heterocycles. The molecular weight excluding hydrogens is 214 g/mol. The van der Waals surface area contributed by atoms with Crippen LogP contribution in [0.2, 0.25) is 0 Å². The summed E-state index contributed by atoms with van der Waals surface area (Å²) >= 11 is 4.76. The van der Waals surface area contributed by atoms with E-state index in [9.17, 15) is 4.79 Å². The topological polar surface area (TPSA) is 70.1 Å². The zero-order valence-electron chi connectivity index (χ0n) is 8.47. The molecule has 0 radical (unpaired) electrons. The molecule has 0 bridgehead atoms. The first-order valence-corrected chi connectivity index (χ1v) is 5.06. The Kier molecular flexibility index (Phi) is 4.38. The summed E-state index contributed by atoms with van der Waals surface area (Å²) in [6, 6.07) is 1.27. The monoisotopic (exact) mass is 227 g/mol. The maximum absolute atomic E-state index is 11.5. The molecule has 0 aliphatic carbocycles. The normalized spacial score (nSPS) is 10.2. The summed E-state index contributed by atoms with van der Waals surface area (Å²) in [5, 5.41) is 1.34. The van der Waals surface area contributed by atoms with E-state index in [2.05, 4.69) is 4.98 Å². The van der Waals surface area contributed by atoms with Crippen molar-refractivity contribution in [3.05, 3.63) is 22.2 Å². The second-order valence-electron chi connectivity index (χ2n) is 2.84. The molecule has 0 aliphatic heterocycles. The molecule has 6 heteroatoms. The zero-order valence-corrected chi connectivity index (χ0v) is 9.29. The Balaban J connectivity index is 2.94. The summed E-state index contributed by atoms with van der Waals surface area (Å²) in [5.74, 6) is 0.582. The molecule has 2 N–H and O–H groups in total. The minimum Gasteiger partial charge on any atom is -0.383 e. The third-order valence-electron chi connectivity index (χ3n) is 1.83. The van der Waals surface area contributed by atoms with Gasteiger partial charge in [0.2, 0.25) is 0 Å². The number of rotatable bonds is 5. The van der Waals surface area contributed by atoms with Crippen LogP contribution in [0, 0.1) is 0 Å². The minimum absolute atomic E-state index is 0.184. The summed E-state index contributed by atoms with van der Waals surface area (Å²) in [6.07, 6.45) is 0. The third kappa shape index (κ3) is 3.10. The fraction of sp³-hybridized carbons (Fsp3) is 0.444. The Morgan fingerprint density at radius 1 is 1.73 bits per heavy atom. The highest BCUT2D eigenvalue weighted by atomic mass is 32.1. The van der Waals surface area contributed by atoms with Gasteiger partial charge in [-0.3, -0.25) is 9.36 Å². The van der Waals surface area contributed by atoms with Gasteiger partial charge in [-0.2, -0.15) is 0 Å². The van der Waals surface area contributed by atoms with E-state index in [1.807, 2.05) is 6.92 Å². The van der Waals surface area contributed by atoms with Crippen LogP contribution in [0.25, 0.3) is 0 Å². The lowest BCUT2D eigenvalue weighted by molar-refractivity contribution is 0.138. The molecule has 0 fully saturated rings. The van der Waals surface area contributed by atoms with Gasteiger partial charge in [-0.25, -0.2) is 4.98 Å². The van der Waals surface area contributed by atoms with Crippen molar-refractivity contribution in [3.8, 4) is 0 Å². The van der Waals surface area contributed by atoms with Gasteiger partial charge in [0.25, 0.3) is 5.56 Å². The van der Waals surface area contributed by atoms with Gasteiger partial charge in [0.1, 0.15) is 11.6 Å². The van der Waals surface area contributed by atoms with Gasteiger partial charge >= 0.3 is 0 Å². The number of aromatic nitrogens is 2. The first-order chi connectivity index (χ1) is 7.19. The molecule has 82 valence electrons. The van der Waals surface area contributed by atoms with Gasteiger partial charge in [-0.1, -0.05) is 12.2 Å². The lowest BCUT2D eigenvalue weighted by Crippen LogP contribution is -2.26. The van der Waals surface area contributed by atoms with Gasteiger partial charge in [0.15, 0.2) is 0 Å². The average Bonchev–Trinajstić information content (AvgIpc) is 2.20. The zero-order chi connectivity index (χ0) is 11.3. The Hall–Kier alpha value is -1.27. The highest BCUT2D eigenvalue weighted by molar-refractivity contribution is 7.79. The number of nitrogens with two attached hydrogens (primary N) is 1. The Bertz CT molecular complexity index is 403. The lowest BCUT2D eigenvalue weighted by atomic mass is 10.5. The SMILES string of the molecule is CCOCCn1c(C=S)nc(N)cc1=O. The average molecular weight is 227 g/mol. The van der Waals surface area contributed by atoms with E-state index < -0.39 is 0 Å². The van der Waals surface area contributed by atoms with Crippen LogP contribution in [-0.2, 0) is 11.3 Å². The summed E-state index contributed by atoms with van der Waals surface area (Å²) in [7, 11) is 0. The quantitative estimate of drug-likeness (QED) is 0.575. The number of anilines is 1. The number of nitrogens with zero attached hydrogens (tertiary/aromatic N) is 2. The van der Waals surface area contributed by atoms with E-state index >= 15 is 0 Å². The largest absolute Gasteiger partial charge is 0.383 e. The van der Waals surface area contributed by atoms with Crippen LogP contribution in [0.1, 0.15) is 12.7 Å². The van der Waals surface area contributed by atoms with Crippen LogP contribution in [0.4, 0.5) is 5.82 Å². The van der Waals surface area contributed by atoms with Crippen molar-refractivity contribution in [1.29, 1.82) is 0 Å². The Morgan fingerprint density at radius 3 is 3.07 bits per heavy atom. The fourth-order valence-electron chi connectivity index (χ4n) is 1.16. The standard InChI is InChI=1S/C9H13N3O2S/c1-2-14-4-3-12-8(6-15)11-7(10)5-9(12)13/h5-6H,2-4,10H2,1H3. The third-order valence-corrected chi connectivity index (χ3v) is 2.04. The van der Waals surface area contributed by atoms with Crippen molar-refractivity contribution in [1.82, 2.24) is 9.55 Å². The van der Waals surface area contributed by atoms with E-state index in [1.54, 1.807) is 0 Å². The van der Waals surface area contributed by atoms with Crippen molar-refractivity contribution in [2.75, 3.05) is 18.9 Å². The number of ether oxygens (including phenoxy) is 1. The Morgan fingerprint density at radius 2 is 2.47 bits per heavy atom. The smallest absolute Gasteiger partial charge is 0.255 e. The van der Waals surface area contributed by atoms with E-state index in [0.29, 0.717) is 25.6 Å². The maximum atomic E-state index is 11.5. The number of hydrogen-bond acceptors (Lipinski definition) is 5. The van der Waals surface area contributed by atoms with Crippen LogP contribution >= 0.6 is 12.2 Å². The van der Waals surface area contributed by atoms with Crippen LogP contribution in [0.15, 0.2) is 10.9 Å². The minimum atomic E-state index is -0.210. The van der Waals surface area contributed by atoms with E-state index in [4.69, 9.17) is 22.7 Å². The van der Waals surface area contributed by atoms with Crippen LogP contribution in [0.3, 0.4) is 0 Å². The molecule has 0 spiro atoms. The van der Waals surface area contributed by atoms with Gasteiger partial charge in [0.05, 0.1) is 13.2 Å². The molecule has 0 amide bonds. The summed E-state index contributed by atoms with van der Waals surface area (Å²) < 4.78 is 6.60. The molecule has 0 saturated carbocycles. The van der Waals surface area contributed by atoms with Crippen molar-refractivity contribution in [2.45, 2.75) is 13.5 Å². The summed E-state index contributed by atoms with van der Waals surface area (Å²) in [5.41, 5.74) is 5.23. The van der Waals surface area contributed by atoms with Crippen LogP contribution in [0.5, 0.6) is 0 Å². The molecule has 1 aromatic rings. The summed E-state index contributed by atoms with van der Waals surface area (Å²) in [6.45, 7) is 3.40. The van der Waals surface area contributed by atoms with E-state index in [1.165, 1.54) is 16.0 Å². The second-order valence-corrected chi connectivity index (χ2v) is 3.08. The molecule has 0 aromatic carbocycles. The number of hydrogen-bond donors (Lipinski definition) is 1. The molecule has 15 heavy (non-hydrogen) atoms. The molecule has 1 heterocycles. The molecule has 0 unspecified atom stereocenters. The van der Waals surface area contributed by atoms with E-state index in [0.717, 1.165) is 0 Å². The van der Waals surface area contributed by atoms with Crippen molar-refractivity contribution in [3.63, 3.8) is 0 Å². The van der Waals surface area contributed by atoms with Crippen LogP contribution < -0.4 is 11.3 Å². The van der Waals surface area contributed by atoms with Crippen LogP contribution in [-0.4, -0.2) is 28.1 Å². The van der Waals surface area contributed by atoms with Gasteiger partial charge in [-0.05, 0) is 6.92 Å². The highest BCUT2D eigenvalue weighted by Crippen LogP contribution is 1.95. The molecule has 5 nitrogen and oxygen atoms in total. The van der Waals surface area contributed by atoms with E-state index in [-0.39, 0.29) is 11.4 Å². The van der Waals surface area contributed by atoms with Gasteiger partial charge < -0.3 is 10.5 Å². The molecular formula is C9H13N3O2S. The highest BCUT2D eigenvalue weighted by Gasteiger charge is 2.04. The van der Waals surface area contributed by atoms with Crippen molar-refractivity contribution >= 4 is 23.4 Å². The molecule has 0 saturated heterocycles. The van der Waals surface area contributed by atoms with Gasteiger partial charge in [-0.15, -0.1) is 0 Å². The molecule has 0 aliphatic rings. The lowest BCUT2D eigenvalue weighted by Gasteiger charge is -2.08. The first kappa shape index (κ1) is 11.8. The number of nitrogen functional groups attached to an aromatic ring is 1.